The molecule has 0 amide bonds. The number of hydrogen-bond donors (Lipinski definition) is 1. The second-order valence-electron chi connectivity index (χ2n) is 6.58. The van der Waals surface area contributed by atoms with Gasteiger partial charge in [0, 0.05) is 21.0 Å². The van der Waals surface area contributed by atoms with E-state index in [1.165, 1.54) is 13.0 Å². The smallest absolute Gasteiger partial charge is 0.333 e. The molecule has 0 heterocycles. The van der Waals surface area contributed by atoms with Gasteiger partial charge in [-0.3, -0.25) is 9.59 Å². The molecule has 0 aliphatic rings. The lowest BCUT2D eigenvalue weighted by atomic mass is 10.3. The van der Waals surface area contributed by atoms with Gasteiger partial charge < -0.3 is 24.1 Å². The van der Waals surface area contributed by atoms with Crippen LogP contribution in [0.4, 0.5) is 0 Å². The molecule has 8 nitrogen and oxygen atoms in total. The van der Waals surface area contributed by atoms with E-state index in [1.54, 1.807) is 0 Å². The lowest BCUT2D eigenvalue weighted by Crippen LogP contribution is -2.24. The number of hydrogen-bond acceptors (Lipinski definition) is 8. The van der Waals surface area contributed by atoms with Crippen molar-refractivity contribution in [1.82, 2.24) is 0 Å². The Hall–Kier alpha value is -1.71. The second kappa shape index (κ2) is 15.4. The van der Waals surface area contributed by atoms with Crippen LogP contribution in [-0.4, -0.2) is 70.9 Å². The van der Waals surface area contributed by atoms with Crippen molar-refractivity contribution in [2.45, 2.75) is 51.4 Å². The Morgan fingerprint density at radius 3 is 2.15 bits per heavy atom. The van der Waals surface area contributed by atoms with Gasteiger partial charge in [-0.1, -0.05) is 25.7 Å². The van der Waals surface area contributed by atoms with Gasteiger partial charge in [0.2, 0.25) is 0 Å². The summed E-state index contributed by atoms with van der Waals surface area (Å²) in [5.74, 6) is -1.76. The Bertz CT molecular complexity index is 478. The maximum Gasteiger partial charge on any atom is 0.333 e. The first-order chi connectivity index (χ1) is 12.7. The average Bonchev–Trinajstić information content (AvgIpc) is 2.60. The molecule has 27 heavy (non-hydrogen) atoms. The van der Waals surface area contributed by atoms with Crippen molar-refractivity contribution in [3.05, 3.63) is 12.2 Å². The second-order valence-corrected chi connectivity index (χ2v) is 9.95. The summed E-state index contributed by atoms with van der Waals surface area (Å²) in [6.07, 6.45) is -0.221. The Kier molecular flexibility index (Phi) is 14.4. The van der Waals surface area contributed by atoms with Crippen LogP contribution in [0.25, 0.3) is 0 Å². The molecular weight excluding hydrogens is 372 g/mol. The first kappa shape index (κ1) is 25.3. The van der Waals surface area contributed by atoms with Gasteiger partial charge in [-0.25, -0.2) is 4.79 Å². The fourth-order valence-electron chi connectivity index (χ4n) is 1.81. The molecule has 0 fully saturated rings. The van der Waals surface area contributed by atoms with Crippen LogP contribution in [0.2, 0.25) is 19.1 Å². The first-order valence-corrected chi connectivity index (χ1v) is 12.2. The summed E-state index contributed by atoms with van der Waals surface area (Å²) >= 11 is 0. The van der Waals surface area contributed by atoms with E-state index in [9.17, 15) is 19.5 Å². The van der Waals surface area contributed by atoms with Crippen LogP contribution in [0.15, 0.2) is 12.2 Å². The van der Waals surface area contributed by atoms with E-state index in [1.807, 2.05) is 0 Å². The van der Waals surface area contributed by atoms with Crippen molar-refractivity contribution < 1.29 is 38.4 Å². The van der Waals surface area contributed by atoms with Crippen LogP contribution in [0.5, 0.6) is 0 Å². The summed E-state index contributed by atoms with van der Waals surface area (Å²) in [5.41, 5.74) is 0.258. The molecule has 0 aliphatic heterocycles. The fraction of sp³-hybridized carbons (Fsp3) is 0.722. The molecule has 156 valence electrons. The number of carbonyl (C=O) groups excluding carboxylic acids is 3. The number of rotatable bonds is 15. The molecule has 0 bridgehead atoms. The normalized spacial score (nSPS) is 11.7. The third-order valence-corrected chi connectivity index (χ3v) is 4.84. The number of ether oxygens (including phenoxy) is 4. The van der Waals surface area contributed by atoms with Crippen molar-refractivity contribution in [3.63, 3.8) is 0 Å². The molecule has 1 N–H and O–H groups in total. The Balaban J connectivity index is 3.65. The van der Waals surface area contributed by atoms with E-state index in [0.29, 0.717) is 6.61 Å². The SMILES string of the molecule is C=C(C)C(=O)OCCOC(=O)CCC(=O)OCC(O)COCCC[SiH](C)C. The largest absolute Gasteiger partial charge is 0.463 e. The van der Waals surface area contributed by atoms with E-state index in [0.717, 1.165) is 6.42 Å². The van der Waals surface area contributed by atoms with Crippen molar-refractivity contribution in [2.75, 3.05) is 33.0 Å². The van der Waals surface area contributed by atoms with E-state index in [2.05, 4.69) is 19.7 Å². The fourth-order valence-corrected chi connectivity index (χ4v) is 2.79. The minimum Gasteiger partial charge on any atom is -0.463 e. The summed E-state index contributed by atoms with van der Waals surface area (Å²) in [5, 5.41) is 9.68. The topological polar surface area (TPSA) is 108 Å². The summed E-state index contributed by atoms with van der Waals surface area (Å²) in [6, 6.07) is 1.19. The maximum absolute atomic E-state index is 11.5. The summed E-state index contributed by atoms with van der Waals surface area (Å²) in [6.45, 7) is 9.81. The third-order valence-electron chi connectivity index (χ3n) is 3.28. The van der Waals surface area contributed by atoms with Gasteiger partial charge in [0.1, 0.15) is 25.9 Å². The molecule has 0 aromatic carbocycles. The summed E-state index contributed by atoms with van der Waals surface area (Å²) in [4.78, 5) is 34.1. The zero-order valence-electron chi connectivity index (χ0n) is 16.5. The van der Waals surface area contributed by atoms with E-state index < -0.39 is 32.8 Å². The van der Waals surface area contributed by atoms with Crippen molar-refractivity contribution >= 4 is 26.7 Å². The van der Waals surface area contributed by atoms with Gasteiger partial charge >= 0.3 is 17.9 Å². The zero-order chi connectivity index (χ0) is 20.7. The standard InChI is InChI=1S/C18H32O8Si/c1-14(2)18(22)25-10-9-24-16(20)6-7-17(21)26-13-15(19)12-23-8-5-11-27(3)4/h15,19,27H,1,5-13H2,2-4H3. The van der Waals surface area contributed by atoms with Crippen LogP contribution in [0.1, 0.15) is 26.2 Å². The molecule has 9 heteroatoms. The van der Waals surface area contributed by atoms with Gasteiger partial charge in [0.15, 0.2) is 0 Å². The van der Waals surface area contributed by atoms with E-state index in [-0.39, 0.29) is 44.8 Å². The van der Waals surface area contributed by atoms with Crippen LogP contribution in [-0.2, 0) is 33.3 Å². The molecule has 0 radical (unpaired) electrons. The molecule has 0 aromatic heterocycles. The lowest BCUT2D eigenvalue weighted by Gasteiger charge is -2.12. The molecular formula is C18H32O8Si. The Morgan fingerprint density at radius 1 is 0.963 bits per heavy atom. The highest BCUT2D eigenvalue weighted by atomic mass is 28.3. The quantitative estimate of drug-likeness (QED) is 0.143. The molecule has 0 aliphatic carbocycles. The Morgan fingerprint density at radius 2 is 1.56 bits per heavy atom. The number of aliphatic hydroxyl groups excluding tert-OH is 1. The molecule has 1 unspecified atom stereocenters. The van der Waals surface area contributed by atoms with Crippen LogP contribution in [0.3, 0.4) is 0 Å². The summed E-state index contributed by atoms with van der Waals surface area (Å²) < 4.78 is 19.8. The van der Waals surface area contributed by atoms with Gasteiger partial charge in [-0.15, -0.1) is 0 Å². The number of esters is 3. The predicted octanol–water partition coefficient (Wildman–Crippen LogP) is 1.23. The first-order valence-electron chi connectivity index (χ1n) is 9.12. The number of carbonyl (C=O) groups is 3. The minimum absolute atomic E-state index is 0.0760. The van der Waals surface area contributed by atoms with Crippen molar-refractivity contribution in [3.8, 4) is 0 Å². The highest BCUT2D eigenvalue weighted by Gasteiger charge is 2.12. The highest BCUT2D eigenvalue weighted by molar-refractivity contribution is 6.55. The van der Waals surface area contributed by atoms with Gasteiger partial charge in [0.25, 0.3) is 0 Å². The van der Waals surface area contributed by atoms with Crippen molar-refractivity contribution in [1.29, 1.82) is 0 Å². The van der Waals surface area contributed by atoms with Crippen LogP contribution in [0, 0.1) is 0 Å². The third kappa shape index (κ3) is 16.2. The monoisotopic (exact) mass is 404 g/mol. The molecule has 0 saturated carbocycles. The minimum atomic E-state index is -0.889. The lowest BCUT2D eigenvalue weighted by molar-refractivity contribution is -0.154. The molecule has 0 spiro atoms. The zero-order valence-corrected chi connectivity index (χ0v) is 17.7. The van der Waals surface area contributed by atoms with Gasteiger partial charge in [-0.2, -0.15) is 0 Å². The van der Waals surface area contributed by atoms with Crippen LogP contribution < -0.4 is 0 Å². The highest BCUT2D eigenvalue weighted by Crippen LogP contribution is 2.00. The maximum atomic E-state index is 11.5. The predicted molar refractivity (Wildman–Crippen MR) is 102 cm³/mol. The van der Waals surface area contributed by atoms with E-state index in [4.69, 9.17) is 18.9 Å². The molecule has 0 rings (SSSR count). The Labute approximate surface area is 162 Å². The van der Waals surface area contributed by atoms with Crippen molar-refractivity contribution in [2.24, 2.45) is 0 Å². The van der Waals surface area contributed by atoms with Gasteiger partial charge in [0.05, 0.1) is 19.4 Å². The molecule has 1 atom stereocenters. The van der Waals surface area contributed by atoms with E-state index >= 15 is 0 Å². The average molecular weight is 405 g/mol. The molecule has 0 saturated heterocycles. The molecule has 0 aromatic rings. The number of aliphatic hydroxyl groups is 1. The summed E-state index contributed by atoms with van der Waals surface area (Å²) in [7, 11) is -0.575. The van der Waals surface area contributed by atoms with Crippen LogP contribution >= 0.6 is 0 Å². The van der Waals surface area contributed by atoms with Gasteiger partial charge in [-0.05, 0) is 13.3 Å².